The van der Waals surface area contributed by atoms with Crippen molar-refractivity contribution in [3.8, 4) is 0 Å². The van der Waals surface area contributed by atoms with Crippen molar-refractivity contribution in [2.45, 2.75) is 6.18 Å². The molecule has 1 nitrogen and oxygen atoms in total. The Kier molecular flexibility index (Phi) is 1.68. The largest absolute Gasteiger partial charge is 0.432 e. The van der Waals surface area contributed by atoms with Gasteiger partial charge in [-0.15, -0.1) is 0 Å². The van der Waals surface area contributed by atoms with Gasteiger partial charge >= 0.3 is 6.18 Å². The first-order valence-electron chi connectivity index (χ1n) is 2.45. The number of hydrogen-bond donors (Lipinski definition) is 1. The molecular weight excluding hydrogens is 163 g/mol. The van der Waals surface area contributed by atoms with Gasteiger partial charge in [0.15, 0.2) is 0 Å². The second-order valence-electron chi connectivity index (χ2n) is 1.74. The maximum atomic E-state index is 11.8. The van der Waals surface area contributed by atoms with E-state index in [0.29, 0.717) is 0 Å². The standard InChI is InChI=1S/C5H4F3NS/c6-5(7,8)4-2-1-3-9(4)10/h1-3,10H. The molecule has 5 heteroatoms. The third kappa shape index (κ3) is 1.29. The summed E-state index contributed by atoms with van der Waals surface area (Å²) in [4.78, 5) is 0. The number of halogens is 3. The van der Waals surface area contributed by atoms with Gasteiger partial charge in [0.05, 0.1) is 0 Å². The molecule has 0 fully saturated rings. The van der Waals surface area contributed by atoms with Crippen LogP contribution in [-0.2, 0) is 6.18 Å². The topological polar surface area (TPSA) is 4.93 Å². The van der Waals surface area contributed by atoms with Gasteiger partial charge in [0.1, 0.15) is 5.69 Å². The van der Waals surface area contributed by atoms with E-state index in [1.54, 1.807) is 0 Å². The minimum absolute atomic E-state index is 0.736. The molecule has 1 aromatic rings. The zero-order chi connectivity index (χ0) is 7.78. The second-order valence-corrected chi connectivity index (χ2v) is 2.17. The monoisotopic (exact) mass is 167 g/mol. The first-order chi connectivity index (χ1) is 4.52. The SMILES string of the molecule is FC(F)(F)c1cccn1S. The molecule has 0 unspecified atom stereocenters. The van der Waals surface area contributed by atoms with Crippen LogP contribution in [0, 0.1) is 0 Å². The maximum absolute atomic E-state index is 11.8. The average Bonchev–Trinajstić information content (AvgIpc) is 2.11. The van der Waals surface area contributed by atoms with Crippen molar-refractivity contribution >= 4 is 12.8 Å². The van der Waals surface area contributed by atoms with Crippen LogP contribution in [0.3, 0.4) is 0 Å². The van der Waals surface area contributed by atoms with Crippen LogP contribution in [-0.4, -0.2) is 3.97 Å². The van der Waals surface area contributed by atoms with Crippen molar-refractivity contribution in [2.75, 3.05) is 0 Å². The first kappa shape index (κ1) is 7.53. The predicted molar refractivity (Wildman–Crippen MR) is 33.8 cm³/mol. The van der Waals surface area contributed by atoms with Crippen LogP contribution in [0.15, 0.2) is 18.3 Å². The molecule has 1 rings (SSSR count). The van der Waals surface area contributed by atoms with Gasteiger partial charge in [-0.05, 0) is 12.1 Å². The van der Waals surface area contributed by atoms with Crippen molar-refractivity contribution < 1.29 is 13.2 Å². The molecule has 0 radical (unpaired) electrons. The molecule has 0 N–H and O–H groups in total. The lowest BCUT2D eigenvalue weighted by atomic mass is 10.4. The minimum atomic E-state index is -4.30. The number of hydrogen-bond acceptors (Lipinski definition) is 1. The zero-order valence-corrected chi connectivity index (χ0v) is 5.65. The molecular formula is C5H4F3NS. The number of rotatable bonds is 0. The van der Waals surface area contributed by atoms with Crippen LogP contribution in [0.1, 0.15) is 5.69 Å². The van der Waals surface area contributed by atoms with Crippen molar-refractivity contribution in [1.82, 2.24) is 3.97 Å². The number of alkyl halides is 3. The third-order valence-corrected chi connectivity index (χ3v) is 1.37. The van der Waals surface area contributed by atoms with Gasteiger partial charge < -0.3 is 0 Å². The summed E-state index contributed by atoms with van der Waals surface area (Å²) in [6, 6.07) is 2.25. The van der Waals surface area contributed by atoms with Gasteiger partial charge in [-0.3, -0.25) is 3.97 Å². The Morgan fingerprint density at radius 2 is 2.00 bits per heavy atom. The maximum Gasteiger partial charge on any atom is 0.432 e. The van der Waals surface area contributed by atoms with Crippen LogP contribution in [0.25, 0.3) is 0 Å². The molecule has 56 valence electrons. The Hall–Kier alpha value is -0.580. The summed E-state index contributed by atoms with van der Waals surface area (Å²) >= 11 is 3.54. The van der Waals surface area contributed by atoms with E-state index in [-0.39, 0.29) is 0 Å². The van der Waals surface area contributed by atoms with Crippen molar-refractivity contribution in [2.24, 2.45) is 0 Å². The first-order valence-corrected chi connectivity index (χ1v) is 2.85. The lowest BCUT2D eigenvalue weighted by Crippen LogP contribution is -2.07. The average molecular weight is 167 g/mol. The zero-order valence-electron chi connectivity index (χ0n) is 4.76. The van der Waals surface area contributed by atoms with Crippen LogP contribution in [0.4, 0.5) is 13.2 Å². The second kappa shape index (κ2) is 2.23. The fourth-order valence-electron chi connectivity index (χ4n) is 0.597. The Morgan fingerprint density at radius 1 is 1.40 bits per heavy atom. The fourth-order valence-corrected chi connectivity index (χ4v) is 0.854. The van der Waals surface area contributed by atoms with E-state index in [0.717, 1.165) is 10.0 Å². The lowest BCUT2D eigenvalue weighted by molar-refractivity contribution is -0.141. The van der Waals surface area contributed by atoms with E-state index >= 15 is 0 Å². The summed E-state index contributed by atoms with van der Waals surface area (Å²) < 4.78 is 36.2. The molecule has 0 atom stereocenters. The van der Waals surface area contributed by atoms with E-state index in [2.05, 4.69) is 12.8 Å². The van der Waals surface area contributed by atoms with Gasteiger partial charge in [-0.1, -0.05) is 12.8 Å². The molecule has 0 saturated carbocycles. The van der Waals surface area contributed by atoms with Gasteiger partial charge in [0.2, 0.25) is 0 Å². The molecule has 0 aliphatic carbocycles. The van der Waals surface area contributed by atoms with Gasteiger partial charge in [0.25, 0.3) is 0 Å². The Labute approximate surface area is 61.0 Å². The molecule has 0 saturated heterocycles. The quantitative estimate of drug-likeness (QED) is 0.565. The number of aromatic nitrogens is 1. The lowest BCUT2D eigenvalue weighted by Gasteiger charge is -2.05. The smallest absolute Gasteiger partial charge is 0.290 e. The summed E-state index contributed by atoms with van der Waals surface area (Å²) in [6.45, 7) is 0. The Morgan fingerprint density at radius 3 is 2.20 bits per heavy atom. The highest BCUT2D eigenvalue weighted by Gasteiger charge is 2.33. The van der Waals surface area contributed by atoms with Crippen molar-refractivity contribution in [3.63, 3.8) is 0 Å². The predicted octanol–water partition coefficient (Wildman–Crippen LogP) is 2.20. The number of thiol groups is 1. The van der Waals surface area contributed by atoms with Crippen molar-refractivity contribution in [3.05, 3.63) is 24.0 Å². The molecule has 1 aromatic heterocycles. The molecule has 0 spiro atoms. The summed E-state index contributed by atoms with van der Waals surface area (Å²) in [6.07, 6.45) is -3.07. The minimum Gasteiger partial charge on any atom is -0.290 e. The highest BCUT2D eigenvalue weighted by Crippen LogP contribution is 2.29. The fraction of sp³-hybridized carbons (Fsp3) is 0.200. The molecule has 0 bridgehead atoms. The van der Waals surface area contributed by atoms with Crippen LogP contribution in [0.5, 0.6) is 0 Å². The molecule has 1 heterocycles. The summed E-state index contributed by atoms with van der Waals surface area (Å²) in [5.74, 6) is 0. The Bertz CT molecular complexity index is 227. The molecule has 10 heavy (non-hydrogen) atoms. The molecule has 0 aliphatic heterocycles. The molecule has 0 aliphatic rings. The Balaban J connectivity index is 3.05. The normalized spacial score (nSPS) is 12.0. The van der Waals surface area contributed by atoms with E-state index in [1.165, 1.54) is 12.3 Å². The third-order valence-electron chi connectivity index (χ3n) is 1.02. The highest BCUT2D eigenvalue weighted by atomic mass is 32.1. The van der Waals surface area contributed by atoms with E-state index in [1.807, 2.05) is 0 Å². The van der Waals surface area contributed by atoms with E-state index in [9.17, 15) is 13.2 Å². The van der Waals surface area contributed by atoms with Gasteiger partial charge in [-0.25, -0.2) is 0 Å². The van der Waals surface area contributed by atoms with Gasteiger partial charge in [0, 0.05) is 6.20 Å². The number of nitrogens with zero attached hydrogens (tertiary/aromatic N) is 1. The summed E-state index contributed by atoms with van der Waals surface area (Å²) in [5.41, 5.74) is -0.754. The van der Waals surface area contributed by atoms with Crippen LogP contribution < -0.4 is 0 Å². The molecule has 0 aromatic carbocycles. The summed E-state index contributed by atoms with van der Waals surface area (Å²) in [7, 11) is 0. The highest BCUT2D eigenvalue weighted by molar-refractivity contribution is 7.78. The van der Waals surface area contributed by atoms with Crippen LogP contribution in [0.2, 0.25) is 0 Å². The molecule has 0 amide bonds. The van der Waals surface area contributed by atoms with E-state index in [4.69, 9.17) is 0 Å². The van der Waals surface area contributed by atoms with Crippen molar-refractivity contribution in [1.29, 1.82) is 0 Å². The van der Waals surface area contributed by atoms with Crippen LogP contribution >= 0.6 is 12.8 Å². The summed E-state index contributed by atoms with van der Waals surface area (Å²) in [5, 5.41) is 0. The van der Waals surface area contributed by atoms with Gasteiger partial charge in [-0.2, -0.15) is 13.2 Å². The van der Waals surface area contributed by atoms with E-state index < -0.39 is 11.9 Å².